The Morgan fingerprint density at radius 3 is 2.47 bits per heavy atom. The second-order valence-corrected chi connectivity index (χ2v) is 8.50. The molecule has 0 saturated heterocycles. The zero-order valence-electron chi connectivity index (χ0n) is 20.4. The van der Waals surface area contributed by atoms with E-state index in [1.807, 2.05) is 0 Å². The predicted molar refractivity (Wildman–Crippen MR) is 132 cm³/mol. The Bertz CT molecular complexity index is 1330. The third kappa shape index (κ3) is 6.80. The van der Waals surface area contributed by atoms with E-state index in [-0.39, 0.29) is 40.7 Å². The highest BCUT2D eigenvalue weighted by Crippen LogP contribution is 2.41. The van der Waals surface area contributed by atoms with E-state index in [1.54, 1.807) is 6.92 Å². The van der Waals surface area contributed by atoms with Crippen molar-refractivity contribution in [2.45, 2.75) is 13.1 Å². The normalized spacial score (nSPS) is 11.1. The topological polar surface area (TPSA) is 144 Å². The molecule has 38 heavy (non-hydrogen) atoms. The maximum absolute atomic E-state index is 13.9. The van der Waals surface area contributed by atoms with Gasteiger partial charge in [0.25, 0.3) is 5.91 Å². The van der Waals surface area contributed by atoms with Crippen LogP contribution in [0.2, 0.25) is 0 Å². The summed E-state index contributed by atoms with van der Waals surface area (Å²) in [7, 11) is 2.58. The van der Waals surface area contributed by atoms with E-state index in [4.69, 9.17) is 9.47 Å². The van der Waals surface area contributed by atoms with E-state index in [0.29, 0.717) is 23.4 Å². The molecule has 0 bridgehead atoms. The Morgan fingerprint density at radius 2 is 1.82 bits per heavy atom. The zero-order chi connectivity index (χ0) is 27.9. The minimum Gasteiger partial charge on any atom is -0.465 e. The number of pyridine rings is 2. The van der Waals surface area contributed by atoms with Crippen molar-refractivity contribution in [1.82, 2.24) is 25.6 Å². The lowest BCUT2D eigenvalue weighted by Gasteiger charge is -2.11. The molecule has 3 N–H and O–H groups in total. The van der Waals surface area contributed by atoms with Crippen LogP contribution in [-0.4, -0.2) is 66.8 Å². The van der Waals surface area contributed by atoms with Crippen LogP contribution < -0.4 is 16.0 Å². The Labute approximate surface area is 218 Å². The molecule has 0 aliphatic rings. The van der Waals surface area contributed by atoms with Gasteiger partial charge in [0.2, 0.25) is 0 Å². The number of alkyl halides is 3. The van der Waals surface area contributed by atoms with Crippen molar-refractivity contribution in [1.29, 1.82) is 0 Å². The molecule has 11 nitrogen and oxygen atoms in total. The van der Waals surface area contributed by atoms with Gasteiger partial charge in [-0.1, -0.05) is 0 Å². The number of esters is 1. The number of hydrogen-bond donors (Lipinski definition) is 3. The van der Waals surface area contributed by atoms with Crippen molar-refractivity contribution >= 4 is 35.1 Å². The summed E-state index contributed by atoms with van der Waals surface area (Å²) in [4.78, 5) is 47.9. The lowest BCUT2D eigenvalue weighted by molar-refractivity contribution is -0.141. The van der Waals surface area contributed by atoms with Gasteiger partial charge in [-0.3, -0.25) is 15.1 Å². The minimum atomic E-state index is -4.93. The first-order chi connectivity index (χ1) is 18.1. The Morgan fingerprint density at radius 1 is 1.05 bits per heavy atom. The van der Waals surface area contributed by atoms with E-state index in [0.717, 1.165) is 0 Å². The Balaban J connectivity index is 2.18. The molecule has 3 aromatic heterocycles. The summed E-state index contributed by atoms with van der Waals surface area (Å²) < 4.78 is 51.1. The van der Waals surface area contributed by atoms with Gasteiger partial charge < -0.3 is 20.1 Å². The monoisotopic (exact) mass is 552 g/mol. The first-order valence-electron chi connectivity index (χ1n) is 11.0. The van der Waals surface area contributed by atoms with Gasteiger partial charge in [-0.05, 0) is 19.1 Å². The van der Waals surface area contributed by atoms with Crippen LogP contribution >= 0.6 is 11.3 Å². The van der Waals surface area contributed by atoms with Crippen molar-refractivity contribution in [3.8, 4) is 21.7 Å². The fourth-order valence-electron chi connectivity index (χ4n) is 3.20. The molecule has 0 unspecified atom stereocenters. The van der Waals surface area contributed by atoms with E-state index >= 15 is 0 Å². The van der Waals surface area contributed by atoms with Gasteiger partial charge in [0.15, 0.2) is 5.69 Å². The van der Waals surface area contributed by atoms with Crippen molar-refractivity contribution in [2.75, 3.05) is 39.2 Å². The number of nitrogens with one attached hydrogen (secondary N) is 3. The molecular weight excluding hydrogens is 529 g/mol. The molecule has 0 saturated carbocycles. The van der Waals surface area contributed by atoms with Crippen LogP contribution in [0.5, 0.6) is 0 Å². The highest BCUT2D eigenvalue weighted by Gasteiger charge is 2.40. The SMILES string of the molecule is CCNC(=O)Nc1cc(-c2nc(C(F)(F)F)c(C(=O)NCCOC)s2)c(-c2cncc(C(=O)OC)c2)cn1. The summed E-state index contributed by atoms with van der Waals surface area (Å²) in [6.45, 7) is 2.13. The summed E-state index contributed by atoms with van der Waals surface area (Å²) in [6, 6.07) is 2.16. The fourth-order valence-corrected chi connectivity index (χ4v) is 4.23. The molecule has 15 heteroatoms. The standard InChI is InChI=1S/C23H23F3N6O5S/c1-4-28-22(35)31-16-8-14(15(11-30-16)12-7-13(10-27-9-12)21(34)37-3)20-32-18(23(24,25)26)17(38-20)19(33)29-5-6-36-2/h7-11H,4-6H2,1-3H3,(H,29,33)(H2,28,30,31,35). The van der Waals surface area contributed by atoms with Crippen molar-refractivity contribution in [2.24, 2.45) is 0 Å². The summed E-state index contributed by atoms with van der Waals surface area (Å²) >= 11 is 0.515. The number of hydrogen-bond acceptors (Lipinski definition) is 9. The lowest BCUT2D eigenvalue weighted by Crippen LogP contribution is -2.28. The number of methoxy groups -OCH3 is 2. The number of carbonyl (C=O) groups is 3. The average molecular weight is 553 g/mol. The van der Waals surface area contributed by atoms with Crippen LogP contribution in [0, 0.1) is 0 Å². The Hall–Kier alpha value is -4.11. The van der Waals surface area contributed by atoms with Gasteiger partial charge >= 0.3 is 18.2 Å². The van der Waals surface area contributed by atoms with Gasteiger partial charge in [0, 0.05) is 55.5 Å². The van der Waals surface area contributed by atoms with Crippen molar-refractivity contribution in [3.05, 3.63) is 46.9 Å². The van der Waals surface area contributed by atoms with Crippen LogP contribution in [0.1, 0.15) is 32.6 Å². The molecule has 3 aromatic rings. The summed E-state index contributed by atoms with van der Waals surface area (Å²) in [5, 5.41) is 7.21. The molecule has 0 aromatic carbocycles. The molecule has 0 aliphatic carbocycles. The molecule has 3 amide bonds. The maximum atomic E-state index is 13.9. The van der Waals surface area contributed by atoms with Gasteiger partial charge in [0.05, 0.1) is 19.3 Å². The molecule has 0 aliphatic heterocycles. The average Bonchev–Trinajstić information content (AvgIpc) is 3.35. The largest absolute Gasteiger partial charge is 0.465 e. The fraction of sp³-hybridized carbons (Fsp3) is 0.304. The van der Waals surface area contributed by atoms with Crippen LogP contribution in [0.3, 0.4) is 0 Å². The number of carbonyl (C=O) groups excluding carboxylic acids is 3. The third-order valence-electron chi connectivity index (χ3n) is 4.88. The molecule has 202 valence electrons. The number of halogens is 3. The van der Waals surface area contributed by atoms with E-state index in [1.165, 1.54) is 44.9 Å². The summed E-state index contributed by atoms with van der Waals surface area (Å²) in [5.74, 6) is -1.63. The van der Waals surface area contributed by atoms with Gasteiger partial charge in [-0.25, -0.2) is 19.6 Å². The summed E-state index contributed by atoms with van der Waals surface area (Å²) in [6.07, 6.45) is -0.992. The predicted octanol–water partition coefficient (Wildman–Crippen LogP) is 3.59. The number of aromatic nitrogens is 3. The smallest absolute Gasteiger partial charge is 0.435 e. The molecule has 0 spiro atoms. The Kier molecular flexibility index (Phi) is 9.30. The van der Waals surface area contributed by atoms with Crippen LogP contribution in [0.25, 0.3) is 21.7 Å². The van der Waals surface area contributed by atoms with Gasteiger partial charge in [-0.2, -0.15) is 13.2 Å². The second-order valence-electron chi connectivity index (χ2n) is 7.50. The van der Waals surface area contributed by atoms with Crippen LogP contribution in [-0.2, 0) is 15.7 Å². The number of rotatable bonds is 9. The highest BCUT2D eigenvalue weighted by atomic mass is 32.1. The second kappa shape index (κ2) is 12.4. The van der Waals surface area contributed by atoms with Gasteiger partial charge in [0.1, 0.15) is 15.7 Å². The number of nitrogens with zero attached hydrogens (tertiary/aromatic N) is 3. The molecular formula is C23H23F3N6O5S. The first-order valence-corrected chi connectivity index (χ1v) is 11.8. The van der Waals surface area contributed by atoms with Crippen molar-refractivity contribution < 1.29 is 37.0 Å². The number of amides is 3. The highest BCUT2D eigenvalue weighted by molar-refractivity contribution is 7.17. The molecule has 3 rings (SSSR count). The molecule has 3 heterocycles. The summed E-state index contributed by atoms with van der Waals surface area (Å²) in [5.41, 5.74) is -0.598. The van der Waals surface area contributed by atoms with E-state index in [2.05, 4.69) is 30.9 Å². The van der Waals surface area contributed by atoms with E-state index in [9.17, 15) is 27.6 Å². The van der Waals surface area contributed by atoms with E-state index < -0.39 is 34.7 Å². The third-order valence-corrected chi connectivity index (χ3v) is 5.96. The number of anilines is 1. The number of ether oxygens (including phenoxy) is 2. The number of thiazole rings is 1. The molecule has 0 fully saturated rings. The number of urea groups is 1. The lowest BCUT2D eigenvalue weighted by atomic mass is 10.0. The minimum absolute atomic E-state index is 0.00698. The molecule has 0 radical (unpaired) electrons. The van der Waals surface area contributed by atoms with Gasteiger partial charge in [-0.15, -0.1) is 11.3 Å². The quantitative estimate of drug-likeness (QED) is 0.270. The maximum Gasteiger partial charge on any atom is 0.435 e. The first kappa shape index (κ1) is 28.5. The zero-order valence-corrected chi connectivity index (χ0v) is 21.2. The van der Waals surface area contributed by atoms with Crippen LogP contribution in [0.4, 0.5) is 23.8 Å². The van der Waals surface area contributed by atoms with Crippen LogP contribution in [0.15, 0.2) is 30.7 Å². The van der Waals surface area contributed by atoms with Crippen molar-refractivity contribution in [3.63, 3.8) is 0 Å². The molecule has 0 atom stereocenters.